The smallest absolute Gasteiger partial charge is 0.344 e. The Hall–Kier alpha value is -2.37. The summed E-state index contributed by atoms with van der Waals surface area (Å²) in [5.74, 6) is -0.573. The molecule has 0 fully saturated rings. The Bertz CT molecular complexity index is 430. The number of hydrogen-bond acceptors (Lipinski definition) is 5. The quantitative estimate of drug-likeness (QED) is 0.325. The number of carbonyl (C=O) groups is 1. The van der Waals surface area contributed by atoms with Crippen molar-refractivity contribution in [3.63, 3.8) is 0 Å². The molecular weight excluding hydrogens is 226 g/mol. The lowest BCUT2D eigenvalue weighted by molar-refractivity contribution is -0.385. The molecule has 0 saturated carbocycles. The molecule has 0 aliphatic rings. The second kappa shape index (κ2) is 6.26. The second-order valence-electron chi connectivity index (χ2n) is 2.99. The van der Waals surface area contributed by atoms with Crippen molar-refractivity contribution in [3.8, 4) is 5.75 Å². The highest BCUT2D eigenvalue weighted by atomic mass is 16.6. The molecule has 0 aromatic heterocycles. The van der Waals surface area contributed by atoms with Gasteiger partial charge in [0.15, 0.2) is 12.4 Å². The van der Waals surface area contributed by atoms with Gasteiger partial charge in [0.1, 0.15) is 6.61 Å². The van der Waals surface area contributed by atoms with E-state index in [-0.39, 0.29) is 24.7 Å². The Morgan fingerprint density at radius 1 is 1.47 bits per heavy atom. The zero-order chi connectivity index (χ0) is 12.7. The van der Waals surface area contributed by atoms with Crippen LogP contribution in [0.5, 0.6) is 5.75 Å². The number of nitro benzene ring substituents is 1. The average Bonchev–Trinajstić information content (AvgIpc) is 2.34. The van der Waals surface area contributed by atoms with E-state index in [9.17, 15) is 14.9 Å². The van der Waals surface area contributed by atoms with E-state index in [4.69, 9.17) is 4.74 Å². The van der Waals surface area contributed by atoms with Gasteiger partial charge in [-0.25, -0.2) is 4.79 Å². The van der Waals surface area contributed by atoms with Gasteiger partial charge in [-0.3, -0.25) is 10.1 Å². The summed E-state index contributed by atoms with van der Waals surface area (Å²) < 4.78 is 9.67. The standard InChI is InChI=1S/C11H11NO5/c1-2-7-16-11(13)8-17-10-6-4-3-5-9(10)12(14)15/h2-6H,1,7-8H2. The summed E-state index contributed by atoms with van der Waals surface area (Å²) in [5, 5.41) is 10.6. The van der Waals surface area contributed by atoms with E-state index in [1.54, 1.807) is 6.07 Å². The second-order valence-corrected chi connectivity index (χ2v) is 2.99. The van der Waals surface area contributed by atoms with E-state index >= 15 is 0 Å². The minimum Gasteiger partial charge on any atom is -0.475 e. The number of hydrogen-bond donors (Lipinski definition) is 0. The number of nitro groups is 1. The van der Waals surface area contributed by atoms with Crippen LogP contribution in [0.4, 0.5) is 5.69 Å². The number of benzene rings is 1. The molecule has 6 nitrogen and oxygen atoms in total. The van der Waals surface area contributed by atoms with Gasteiger partial charge < -0.3 is 9.47 Å². The van der Waals surface area contributed by atoms with E-state index < -0.39 is 10.9 Å². The van der Waals surface area contributed by atoms with Crippen molar-refractivity contribution in [1.29, 1.82) is 0 Å². The molecule has 1 aromatic carbocycles. The van der Waals surface area contributed by atoms with Crippen molar-refractivity contribution in [2.75, 3.05) is 13.2 Å². The predicted molar refractivity (Wildman–Crippen MR) is 59.7 cm³/mol. The van der Waals surface area contributed by atoms with Gasteiger partial charge in [-0.2, -0.15) is 0 Å². The van der Waals surface area contributed by atoms with E-state index in [1.807, 2.05) is 0 Å². The number of carbonyl (C=O) groups excluding carboxylic acids is 1. The normalized spacial score (nSPS) is 9.41. The fourth-order valence-electron chi connectivity index (χ4n) is 1.06. The molecule has 0 aliphatic carbocycles. The van der Waals surface area contributed by atoms with Crippen LogP contribution in [0, 0.1) is 10.1 Å². The Labute approximate surface area is 97.6 Å². The number of nitrogens with zero attached hydrogens (tertiary/aromatic N) is 1. The van der Waals surface area contributed by atoms with Crippen LogP contribution in [-0.2, 0) is 9.53 Å². The summed E-state index contributed by atoms with van der Waals surface area (Å²) in [4.78, 5) is 21.1. The lowest BCUT2D eigenvalue weighted by atomic mass is 10.3. The van der Waals surface area contributed by atoms with Gasteiger partial charge in [-0.1, -0.05) is 24.8 Å². The Morgan fingerprint density at radius 3 is 2.82 bits per heavy atom. The predicted octanol–water partition coefficient (Wildman–Crippen LogP) is 1.70. The molecule has 0 spiro atoms. The minimum absolute atomic E-state index is 0.0352. The van der Waals surface area contributed by atoms with Gasteiger partial charge in [-0.05, 0) is 6.07 Å². The molecule has 90 valence electrons. The molecule has 0 aliphatic heterocycles. The maximum atomic E-state index is 11.1. The van der Waals surface area contributed by atoms with Crippen molar-refractivity contribution in [3.05, 3.63) is 47.0 Å². The SMILES string of the molecule is C=CCOC(=O)COc1ccccc1[N+](=O)[O-]. The van der Waals surface area contributed by atoms with Crippen LogP contribution in [0.2, 0.25) is 0 Å². The Balaban J connectivity index is 2.60. The minimum atomic E-state index is -0.608. The molecule has 0 amide bonds. The lowest BCUT2D eigenvalue weighted by Gasteiger charge is -2.05. The van der Waals surface area contributed by atoms with Gasteiger partial charge in [-0.15, -0.1) is 0 Å². The Morgan fingerprint density at radius 2 is 2.18 bits per heavy atom. The van der Waals surface area contributed by atoms with Gasteiger partial charge in [0, 0.05) is 6.07 Å². The molecule has 1 rings (SSSR count). The molecule has 0 saturated heterocycles. The summed E-state index contributed by atoms with van der Waals surface area (Å²) >= 11 is 0. The summed E-state index contributed by atoms with van der Waals surface area (Å²) in [5.41, 5.74) is -0.191. The summed E-state index contributed by atoms with van der Waals surface area (Å²) in [7, 11) is 0. The molecule has 6 heteroatoms. The highest BCUT2D eigenvalue weighted by Crippen LogP contribution is 2.25. The third kappa shape index (κ3) is 3.94. The molecule has 0 atom stereocenters. The first-order valence-electron chi connectivity index (χ1n) is 4.78. The number of ether oxygens (including phenoxy) is 2. The van der Waals surface area contributed by atoms with Crippen LogP contribution in [0.3, 0.4) is 0 Å². The molecule has 1 aromatic rings. The third-order valence-corrected chi connectivity index (χ3v) is 1.77. The lowest BCUT2D eigenvalue weighted by Crippen LogP contribution is -2.15. The van der Waals surface area contributed by atoms with Crippen molar-refractivity contribution >= 4 is 11.7 Å². The summed E-state index contributed by atoms with van der Waals surface area (Å²) in [6.07, 6.45) is 1.42. The zero-order valence-electron chi connectivity index (χ0n) is 9.00. The van der Waals surface area contributed by atoms with Gasteiger partial charge in [0.05, 0.1) is 4.92 Å². The molecule has 0 N–H and O–H groups in total. The fourth-order valence-corrected chi connectivity index (χ4v) is 1.06. The molecule has 0 radical (unpaired) electrons. The van der Waals surface area contributed by atoms with Gasteiger partial charge in [0.2, 0.25) is 0 Å². The van der Waals surface area contributed by atoms with Crippen LogP contribution < -0.4 is 4.74 Å². The topological polar surface area (TPSA) is 78.7 Å². The molecular formula is C11H11NO5. The van der Waals surface area contributed by atoms with Crippen molar-refractivity contribution < 1.29 is 19.2 Å². The number of para-hydroxylation sites is 2. The maximum absolute atomic E-state index is 11.1. The van der Waals surface area contributed by atoms with E-state index in [2.05, 4.69) is 11.3 Å². The summed E-state index contributed by atoms with van der Waals surface area (Å²) in [6, 6.07) is 5.81. The van der Waals surface area contributed by atoms with E-state index in [1.165, 1.54) is 24.3 Å². The van der Waals surface area contributed by atoms with E-state index in [0.717, 1.165) is 0 Å². The highest BCUT2D eigenvalue weighted by Gasteiger charge is 2.14. The van der Waals surface area contributed by atoms with Crippen LogP contribution >= 0.6 is 0 Å². The van der Waals surface area contributed by atoms with Gasteiger partial charge >= 0.3 is 11.7 Å². The number of esters is 1. The molecule has 0 heterocycles. The monoisotopic (exact) mass is 237 g/mol. The summed E-state index contributed by atoms with van der Waals surface area (Å²) in [6.45, 7) is 3.09. The highest BCUT2D eigenvalue weighted by molar-refractivity contribution is 5.71. The average molecular weight is 237 g/mol. The van der Waals surface area contributed by atoms with Crippen LogP contribution in [0.1, 0.15) is 0 Å². The Kier molecular flexibility index (Phi) is 4.68. The molecule has 17 heavy (non-hydrogen) atoms. The third-order valence-electron chi connectivity index (χ3n) is 1.77. The fraction of sp³-hybridized carbons (Fsp3) is 0.182. The maximum Gasteiger partial charge on any atom is 0.344 e. The van der Waals surface area contributed by atoms with Crippen molar-refractivity contribution in [2.45, 2.75) is 0 Å². The first-order valence-corrected chi connectivity index (χ1v) is 4.78. The molecule has 0 bridgehead atoms. The van der Waals surface area contributed by atoms with Crippen LogP contribution in [0.25, 0.3) is 0 Å². The van der Waals surface area contributed by atoms with Crippen LogP contribution in [-0.4, -0.2) is 24.1 Å². The van der Waals surface area contributed by atoms with Gasteiger partial charge in [0.25, 0.3) is 0 Å². The van der Waals surface area contributed by atoms with Crippen molar-refractivity contribution in [2.24, 2.45) is 0 Å². The number of rotatable bonds is 6. The zero-order valence-corrected chi connectivity index (χ0v) is 9.00. The first kappa shape index (κ1) is 12.7. The van der Waals surface area contributed by atoms with Crippen LogP contribution in [0.15, 0.2) is 36.9 Å². The van der Waals surface area contributed by atoms with E-state index in [0.29, 0.717) is 0 Å². The molecule has 0 unspecified atom stereocenters. The van der Waals surface area contributed by atoms with Crippen molar-refractivity contribution in [1.82, 2.24) is 0 Å². The first-order chi connectivity index (χ1) is 8.15. The largest absolute Gasteiger partial charge is 0.475 e.